The molecule has 0 fully saturated rings. The highest BCUT2D eigenvalue weighted by Gasteiger charge is 2.33. The first-order chi connectivity index (χ1) is 7.89. The molecule has 0 aromatic carbocycles. The van der Waals surface area contributed by atoms with E-state index in [1.165, 1.54) is 14.0 Å². The minimum atomic E-state index is -4.82. The predicted octanol–water partition coefficient (Wildman–Crippen LogP) is 2.36. The summed E-state index contributed by atoms with van der Waals surface area (Å²) < 4.78 is 45.2. The Balaban J connectivity index is 3.23. The summed E-state index contributed by atoms with van der Waals surface area (Å²) in [7, 11) is 1.21. The molecule has 7 heteroatoms. The lowest BCUT2D eigenvalue weighted by atomic mass is 10.1. The SMILES string of the molecule is COc1cnc(CC#N)c(C)c1OC(F)(F)F. The zero-order valence-corrected chi connectivity index (χ0v) is 9.13. The van der Waals surface area contributed by atoms with Crippen LogP contribution in [0.4, 0.5) is 13.2 Å². The zero-order valence-electron chi connectivity index (χ0n) is 9.13. The largest absolute Gasteiger partial charge is 0.573 e. The summed E-state index contributed by atoms with van der Waals surface area (Å²) in [4.78, 5) is 3.83. The van der Waals surface area contributed by atoms with Gasteiger partial charge in [0.2, 0.25) is 0 Å². The molecule has 0 N–H and O–H groups in total. The fourth-order valence-electron chi connectivity index (χ4n) is 1.25. The number of aromatic nitrogens is 1. The first kappa shape index (κ1) is 13.1. The van der Waals surface area contributed by atoms with Crippen LogP contribution in [0, 0.1) is 18.3 Å². The summed E-state index contributed by atoms with van der Waals surface area (Å²) in [5, 5.41) is 8.51. The topological polar surface area (TPSA) is 55.1 Å². The van der Waals surface area contributed by atoms with Crippen molar-refractivity contribution in [1.29, 1.82) is 5.26 Å². The number of rotatable bonds is 3. The lowest BCUT2D eigenvalue weighted by Crippen LogP contribution is -2.19. The van der Waals surface area contributed by atoms with E-state index >= 15 is 0 Å². The van der Waals surface area contributed by atoms with E-state index < -0.39 is 12.1 Å². The van der Waals surface area contributed by atoms with Gasteiger partial charge in [-0.05, 0) is 6.92 Å². The van der Waals surface area contributed by atoms with Crippen LogP contribution in [0.25, 0.3) is 0 Å². The highest BCUT2D eigenvalue weighted by molar-refractivity contribution is 5.47. The van der Waals surface area contributed by atoms with Gasteiger partial charge in [-0.1, -0.05) is 0 Å². The Morgan fingerprint density at radius 3 is 2.59 bits per heavy atom. The van der Waals surface area contributed by atoms with E-state index in [4.69, 9.17) is 10.00 Å². The molecule has 0 atom stereocenters. The number of hydrogen-bond acceptors (Lipinski definition) is 4. The maximum atomic E-state index is 12.2. The minimum absolute atomic E-state index is 0.0932. The van der Waals surface area contributed by atoms with Crippen molar-refractivity contribution in [3.63, 3.8) is 0 Å². The van der Waals surface area contributed by atoms with Crippen molar-refractivity contribution in [2.24, 2.45) is 0 Å². The highest BCUT2D eigenvalue weighted by Crippen LogP contribution is 2.35. The van der Waals surface area contributed by atoms with E-state index in [1.807, 2.05) is 6.07 Å². The van der Waals surface area contributed by atoms with Gasteiger partial charge in [0.15, 0.2) is 11.5 Å². The van der Waals surface area contributed by atoms with E-state index in [0.29, 0.717) is 0 Å². The lowest BCUT2D eigenvalue weighted by molar-refractivity contribution is -0.275. The Morgan fingerprint density at radius 1 is 1.47 bits per heavy atom. The number of pyridine rings is 1. The fraction of sp³-hybridized carbons (Fsp3) is 0.400. The second kappa shape index (κ2) is 4.91. The number of hydrogen-bond donors (Lipinski definition) is 0. The summed E-state index contributed by atoms with van der Waals surface area (Å²) >= 11 is 0. The molecule has 0 spiro atoms. The molecule has 0 aliphatic rings. The van der Waals surface area contributed by atoms with Gasteiger partial charge in [0.1, 0.15) is 0 Å². The first-order valence-electron chi connectivity index (χ1n) is 4.54. The quantitative estimate of drug-likeness (QED) is 0.821. The Morgan fingerprint density at radius 2 is 2.12 bits per heavy atom. The van der Waals surface area contributed by atoms with Gasteiger partial charge in [-0.25, -0.2) is 0 Å². The van der Waals surface area contributed by atoms with Crippen LogP contribution in [0.5, 0.6) is 11.5 Å². The Labute approximate surface area is 95.6 Å². The van der Waals surface area contributed by atoms with Gasteiger partial charge in [-0.3, -0.25) is 4.98 Å². The highest BCUT2D eigenvalue weighted by atomic mass is 19.4. The van der Waals surface area contributed by atoms with Gasteiger partial charge in [0, 0.05) is 5.56 Å². The van der Waals surface area contributed by atoms with Crippen LogP contribution >= 0.6 is 0 Å². The standard InChI is InChI=1S/C10H9F3N2O2/c1-6-7(3-4-14)15-5-8(16-2)9(6)17-10(11,12)13/h5H,3H2,1-2H3. The summed E-state index contributed by atoms with van der Waals surface area (Å²) in [6.07, 6.45) is -3.81. The number of ether oxygens (including phenoxy) is 2. The van der Waals surface area contributed by atoms with Crippen molar-refractivity contribution in [2.45, 2.75) is 19.7 Å². The third-order valence-electron chi connectivity index (χ3n) is 2.02. The van der Waals surface area contributed by atoms with Crippen LogP contribution in [0.3, 0.4) is 0 Å². The minimum Gasteiger partial charge on any atom is -0.491 e. The van der Waals surface area contributed by atoms with Crippen molar-refractivity contribution in [3.05, 3.63) is 17.5 Å². The molecular formula is C10H9F3N2O2. The number of nitriles is 1. The van der Waals surface area contributed by atoms with Crippen LogP contribution in [0.2, 0.25) is 0 Å². The smallest absolute Gasteiger partial charge is 0.491 e. The molecule has 0 unspecified atom stereocenters. The van der Waals surface area contributed by atoms with Gasteiger partial charge >= 0.3 is 6.36 Å². The molecule has 1 rings (SSSR count). The van der Waals surface area contributed by atoms with Crippen molar-refractivity contribution in [1.82, 2.24) is 4.98 Å². The van der Waals surface area contributed by atoms with Crippen LogP contribution in [0.1, 0.15) is 11.3 Å². The molecule has 0 aliphatic heterocycles. The van der Waals surface area contributed by atoms with Gasteiger partial charge < -0.3 is 9.47 Å². The molecular weight excluding hydrogens is 237 g/mol. The molecule has 1 heterocycles. The van der Waals surface area contributed by atoms with Crippen LogP contribution in [-0.4, -0.2) is 18.5 Å². The molecule has 1 aromatic heterocycles. The maximum Gasteiger partial charge on any atom is 0.573 e. The Bertz CT molecular complexity index is 452. The maximum absolute atomic E-state index is 12.2. The second-order valence-electron chi connectivity index (χ2n) is 3.11. The zero-order chi connectivity index (χ0) is 13.1. The van der Waals surface area contributed by atoms with Gasteiger partial charge in [0.25, 0.3) is 0 Å². The monoisotopic (exact) mass is 246 g/mol. The van der Waals surface area contributed by atoms with Crippen molar-refractivity contribution in [3.8, 4) is 17.6 Å². The van der Waals surface area contributed by atoms with Crippen molar-refractivity contribution in [2.75, 3.05) is 7.11 Å². The molecule has 92 valence electrons. The summed E-state index contributed by atoms with van der Waals surface area (Å²) in [5.41, 5.74) is 0.371. The summed E-state index contributed by atoms with van der Waals surface area (Å²) in [6.45, 7) is 1.39. The molecule has 17 heavy (non-hydrogen) atoms. The Hall–Kier alpha value is -1.97. The van der Waals surface area contributed by atoms with E-state index in [1.54, 1.807) is 0 Å². The summed E-state index contributed by atoms with van der Waals surface area (Å²) in [6, 6.07) is 1.81. The van der Waals surface area contributed by atoms with Crippen LogP contribution in [0.15, 0.2) is 6.20 Å². The number of nitrogens with zero attached hydrogens (tertiary/aromatic N) is 2. The molecule has 0 saturated heterocycles. The van der Waals surface area contributed by atoms with Gasteiger partial charge in [0.05, 0.1) is 31.5 Å². The molecule has 4 nitrogen and oxygen atoms in total. The van der Waals surface area contributed by atoms with E-state index in [0.717, 1.165) is 6.20 Å². The molecule has 0 saturated carbocycles. The van der Waals surface area contributed by atoms with E-state index in [2.05, 4.69) is 9.72 Å². The van der Waals surface area contributed by atoms with Crippen LogP contribution < -0.4 is 9.47 Å². The predicted molar refractivity (Wildman–Crippen MR) is 51.5 cm³/mol. The first-order valence-corrected chi connectivity index (χ1v) is 4.54. The number of halogens is 3. The van der Waals surface area contributed by atoms with E-state index in [9.17, 15) is 13.2 Å². The third-order valence-corrected chi connectivity index (χ3v) is 2.02. The van der Waals surface area contributed by atoms with Crippen molar-refractivity contribution < 1.29 is 22.6 Å². The normalized spacial score (nSPS) is 10.8. The summed E-state index contributed by atoms with van der Waals surface area (Å²) in [5.74, 6) is -0.582. The van der Waals surface area contributed by atoms with Gasteiger partial charge in [-0.2, -0.15) is 5.26 Å². The average molecular weight is 246 g/mol. The van der Waals surface area contributed by atoms with Gasteiger partial charge in [-0.15, -0.1) is 13.2 Å². The fourth-order valence-corrected chi connectivity index (χ4v) is 1.25. The third kappa shape index (κ3) is 3.24. The average Bonchev–Trinajstić information content (AvgIpc) is 2.23. The molecule has 0 radical (unpaired) electrons. The van der Waals surface area contributed by atoms with Crippen LogP contribution in [-0.2, 0) is 6.42 Å². The molecule has 0 bridgehead atoms. The number of methoxy groups -OCH3 is 1. The molecule has 1 aromatic rings. The lowest BCUT2D eigenvalue weighted by Gasteiger charge is -2.15. The van der Waals surface area contributed by atoms with E-state index in [-0.39, 0.29) is 23.4 Å². The second-order valence-corrected chi connectivity index (χ2v) is 3.11. The van der Waals surface area contributed by atoms with Crippen molar-refractivity contribution >= 4 is 0 Å². The Kier molecular flexibility index (Phi) is 3.78. The molecule has 0 amide bonds. The number of alkyl halides is 3. The molecule has 0 aliphatic carbocycles.